The highest BCUT2D eigenvalue weighted by molar-refractivity contribution is 5.37. The molecule has 0 aliphatic heterocycles. The molecule has 1 nitrogen and oxygen atoms in total. The maximum Gasteiger partial charge on any atom is 0.119 e. The van der Waals surface area contributed by atoms with Crippen LogP contribution in [0.15, 0.2) is 18.2 Å². The second kappa shape index (κ2) is 13.2. The van der Waals surface area contributed by atoms with E-state index in [0.717, 1.165) is 24.2 Å². The molecule has 1 aromatic carbocycles. The Kier molecular flexibility index (Phi) is 10.9. The zero-order valence-electron chi connectivity index (χ0n) is 18.4. The lowest BCUT2D eigenvalue weighted by molar-refractivity contribution is 0.299. The highest BCUT2D eigenvalue weighted by Crippen LogP contribution is 2.39. The zero-order valence-corrected chi connectivity index (χ0v) is 18.4. The van der Waals surface area contributed by atoms with E-state index in [1.54, 1.807) is 5.56 Å². The Hall–Kier alpha value is -0.980. The Morgan fingerprint density at radius 1 is 0.815 bits per heavy atom. The van der Waals surface area contributed by atoms with Gasteiger partial charge in [0.05, 0.1) is 6.61 Å². The van der Waals surface area contributed by atoms with Gasteiger partial charge >= 0.3 is 0 Å². The van der Waals surface area contributed by atoms with Crippen molar-refractivity contribution < 1.29 is 4.74 Å². The summed E-state index contributed by atoms with van der Waals surface area (Å²) in [6, 6.07) is 6.85. The molecular weight excluding hydrogens is 328 g/mol. The van der Waals surface area contributed by atoms with Crippen LogP contribution in [0, 0.1) is 12.8 Å². The predicted molar refractivity (Wildman–Crippen MR) is 119 cm³/mol. The molecular formula is C26H44O. The van der Waals surface area contributed by atoms with E-state index in [-0.39, 0.29) is 0 Å². The van der Waals surface area contributed by atoms with Gasteiger partial charge in [-0.3, -0.25) is 0 Å². The van der Waals surface area contributed by atoms with Crippen molar-refractivity contribution in [2.45, 2.75) is 117 Å². The first-order chi connectivity index (χ1) is 13.2. The van der Waals surface area contributed by atoms with Crippen molar-refractivity contribution in [3.63, 3.8) is 0 Å². The van der Waals surface area contributed by atoms with E-state index in [4.69, 9.17) is 4.74 Å². The molecule has 0 heterocycles. The van der Waals surface area contributed by atoms with Crippen LogP contribution in [0.2, 0.25) is 0 Å². The van der Waals surface area contributed by atoms with Gasteiger partial charge in [0.25, 0.3) is 0 Å². The smallest absolute Gasteiger partial charge is 0.119 e. The number of benzene rings is 1. The average Bonchev–Trinajstić information content (AvgIpc) is 2.68. The molecule has 0 atom stereocenters. The molecule has 1 aliphatic carbocycles. The third-order valence-corrected chi connectivity index (χ3v) is 6.51. The molecule has 0 spiro atoms. The van der Waals surface area contributed by atoms with Gasteiger partial charge in [0.2, 0.25) is 0 Å². The van der Waals surface area contributed by atoms with Gasteiger partial charge < -0.3 is 4.74 Å². The molecule has 0 radical (unpaired) electrons. The lowest BCUT2D eigenvalue weighted by atomic mass is 9.76. The van der Waals surface area contributed by atoms with Crippen LogP contribution in [-0.2, 0) is 0 Å². The van der Waals surface area contributed by atoms with E-state index in [9.17, 15) is 0 Å². The standard InChI is InChI=1S/C26H44O/c1-4-6-8-9-10-12-20-27-25-18-19-26(22(3)21-25)24-16-14-23(15-17-24)13-11-7-5-2/h18-19,21,23-24H,4-17,20H2,1-3H3. The number of hydrogen-bond acceptors (Lipinski definition) is 1. The lowest BCUT2D eigenvalue weighted by Gasteiger charge is -2.30. The maximum atomic E-state index is 6.01. The van der Waals surface area contributed by atoms with E-state index >= 15 is 0 Å². The van der Waals surface area contributed by atoms with Gasteiger partial charge in [0.15, 0.2) is 0 Å². The minimum Gasteiger partial charge on any atom is -0.494 e. The first kappa shape index (κ1) is 22.3. The van der Waals surface area contributed by atoms with E-state index in [2.05, 4.69) is 39.0 Å². The number of hydrogen-bond donors (Lipinski definition) is 0. The fraction of sp³-hybridized carbons (Fsp3) is 0.769. The Balaban J connectivity index is 1.70. The summed E-state index contributed by atoms with van der Waals surface area (Å²) in [7, 11) is 0. The van der Waals surface area contributed by atoms with Gasteiger partial charge in [-0.15, -0.1) is 0 Å². The van der Waals surface area contributed by atoms with Gasteiger partial charge in [-0.25, -0.2) is 0 Å². The van der Waals surface area contributed by atoms with Crippen molar-refractivity contribution in [2.24, 2.45) is 5.92 Å². The summed E-state index contributed by atoms with van der Waals surface area (Å²) in [5.74, 6) is 2.84. The number of unbranched alkanes of at least 4 members (excludes halogenated alkanes) is 7. The normalized spacial score (nSPS) is 20.0. The molecule has 1 heteroatoms. The second-order valence-electron chi connectivity index (χ2n) is 8.85. The Morgan fingerprint density at radius 3 is 2.19 bits per heavy atom. The minimum absolute atomic E-state index is 0.778. The Morgan fingerprint density at radius 2 is 1.48 bits per heavy atom. The summed E-state index contributed by atoms with van der Waals surface area (Å²) in [4.78, 5) is 0. The maximum absolute atomic E-state index is 6.01. The van der Waals surface area contributed by atoms with Crippen molar-refractivity contribution in [3.05, 3.63) is 29.3 Å². The van der Waals surface area contributed by atoms with Crippen LogP contribution >= 0.6 is 0 Å². The molecule has 0 aromatic heterocycles. The van der Waals surface area contributed by atoms with Crippen molar-refractivity contribution in [3.8, 4) is 5.75 Å². The van der Waals surface area contributed by atoms with E-state index in [0.29, 0.717) is 0 Å². The molecule has 0 saturated heterocycles. The number of aryl methyl sites for hydroxylation is 1. The molecule has 27 heavy (non-hydrogen) atoms. The van der Waals surface area contributed by atoms with Crippen LogP contribution in [0.25, 0.3) is 0 Å². The third-order valence-electron chi connectivity index (χ3n) is 6.51. The minimum atomic E-state index is 0.778. The highest BCUT2D eigenvalue weighted by atomic mass is 16.5. The van der Waals surface area contributed by atoms with Gasteiger partial charge in [0, 0.05) is 0 Å². The lowest BCUT2D eigenvalue weighted by Crippen LogP contribution is -2.14. The summed E-state index contributed by atoms with van der Waals surface area (Å²) in [6.45, 7) is 7.73. The van der Waals surface area contributed by atoms with Crippen LogP contribution in [0.3, 0.4) is 0 Å². The summed E-state index contributed by atoms with van der Waals surface area (Å²) in [5.41, 5.74) is 3.01. The highest BCUT2D eigenvalue weighted by Gasteiger charge is 2.23. The van der Waals surface area contributed by atoms with Crippen LogP contribution in [-0.4, -0.2) is 6.61 Å². The molecule has 1 aliphatic rings. The van der Waals surface area contributed by atoms with Crippen LogP contribution < -0.4 is 4.74 Å². The van der Waals surface area contributed by atoms with E-state index in [1.807, 2.05) is 0 Å². The van der Waals surface area contributed by atoms with E-state index < -0.39 is 0 Å². The summed E-state index contributed by atoms with van der Waals surface area (Å²) in [5, 5.41) is 0. The van der Waals surface area contributed by atoms with Crippen molar-refractivity contribution in [2.75, 3.05) is 6.61 Å². The zero-order chi connectivity index (χ0) is 19.3. The van der Waals surface area contributed by atoms with Crippen molar-refractivity contribution in [1.82, 2.24) is 0 Å². The first-order valence-electron chi connectivity index (χ1n) is 12.0. The Bertz CT molecular complexity index is 499. The molecule has 2 rings (SSSR count). The molecule has 0 unspecified atom stereocenters. The average molecular weight is 373 g/mol. The van der Waals surface area contributed by atoms with Crippen molar-refractivity contribution >= 4 is 0 Å². The largest absolute Gasteiger partial charge is 0.494 e. The molecule has 0 amide bonds. The van der Waals surface area contributed by atoms with Crippen molar-refractivity contribution in [1.29, 1.82) is 0 Å². The fourth-order valence-corrected chi connectivity index (χ4v) is 4.71. The Labute approximate surface area is 169 Å². The van der Waals surface area contributed by atoms with Gasteiger partial charge in [-0.2, -0.15) is 0 Å². The van der Waals surface area contributed by atoms with Gasteiger partial charge in [-0.1, -0.05) is 77.7 Å². The topological polar surface area (TPSA) is 9.23 Å². The van der Waals surface area contributed by atoms with Gasteiger partial charge in [0.1, 0.15) is 5.75 Å². The van der Waals surface area contributed by atoms with E-state index in [1.165, 1.54) is 95.5 Å². The SMILES string of the molecule is CCCCCCCCOc1ccc(C2CCC(CCCCC)CC2)c(C)c1. The third kappa shape index (κ3) is 8.28. The molecule has 1 saturated carbocycles. The second-order valence-corrected chi connectivity index (χ2v) is 8.85. The molecule has 1 fully saturated rings. The van der Waals surface area contributed by atoms with Crippen LogP contribution in [0.5, 0.6) is 5.75 Å². The fourth-order valence-electron chi connectivity index (χ4n) is 4.71. The summed E-state index contributed by atoms with van der Waals surface area (Å²) < 4.78 is 6.01. The number of rotatable bonds is 13. The molecule has 1 aromatic rings. The molecule has 154 valence electrons. The number of ether oxygens (including phenoxy) is 1. The predicted octanol–water partition coefficient (Wildman–Crippen LogP) is 8.59. The first-order valence-corrected chi connectivity index (χ1v) is 12.0. The summed E-state index contributed by atoms with van der Waals surface area (Å²) in [6.07, 6.45) is 19.2. The quantitative estimate of drug-likeness (QED) is 0.315. The summed E-state index contributed by atoms with van der Waals surface area (Å²) >= 11 is 0. The monoisotopic (exact) mass is 372 g/mol. The van der Waals surface area contributed by atoms with Gasteiger partial charge in [-0.05, 0) is 74.1 Å². The molecule has 0 N–H and O–H groups in total. The van der Waals surface area contributed by atoms with Crippen LogP contribution in [0.4, 0.5) is 0 Å². The molecule has 0 bridgehead atoms. The van der Waals surface area contributed by atoms with Crippen LogP contribution in [0.1, 0.15) is 121 Å².